The van der Waals surface area contributed by atoms with Crippen LogP contribution in [0.4, 0.5) is 0 Å². The second-order valence-electron chi connectivity index (χ2n) is 6.35. The van der Waals surface area contributed by atoms with Crippen molar-refractivity contribution in [1.29, 1.82) is 0 Å². The number of benzene rings is 2. The third kappa shape index (κ3) is 5.26. The van der Waals surface area contributed by atoms with Crippen molar-refractivity contribution in [2.24, 2.45) is 4.99 Å². The summed E-state index contributed by atoms with van der Waals surface area (Å²) >= 11 is 0. The number of nitrogens with one attached hydrogen (secondary N) is 2. The molecule has 0 spiro atoms. The summed E-state index contributed by atoms with van der Waals surface area (Å²) < 4.78 is 7.97. The van der Waals surface area contributed by atoms with E-state index < -0.39 is 0 Å². The van der Waals surface area contributed by atoms with Crippen molar-refractivity contribution >= 4 is 35.6 Å². The first-order valence-electron chi connectivity index (χ1n) is 9.37. The SMILES string of the molecule is CN=C(NCc1ccccc1Oc1ccccc1)NCc1nnc2ccccn12.I. The summed E-state index contributed by atoms with van der Waals surface area (Å²) in [5.41, 5.74) is 1.85. The second-order valence-corrected chi connectivity index (χ2v) is 6.35. The summed E-state index contributed by atoms with van der Waals surface area (Å²) in [6.07, 6.45) is 1.94. The molecule has 2 aromatic carbocycles. The topological polar surface area (TPSA) is 75.8 Å². The molecule has 2 heterocycles. The Labute approximate surface area is 192 Å². The standard InChI is InChI=1S/C22H22N6O.HI/c1-23-22(25-16-21-27-26-20-13-7-8-14-28(20)21)24-15-17-9-5-6-12-19(17)29-18-10-3-2-4-11-18;/h2-14H,15-16H2,1H3,(H2,23,24,25);1H. The number of hydrogen-bond acceptors (Lipinski definition) is 4. The molecule has 154 valence electrons. The molecular weight excluding hydrogens is 491 g/mol. The Balaban J connectivity index is 0.00000256. The van der Waals surface area contributed by atoms with Gasteiger partial charge in [0, 0.05) is 25.4 Å². The molecule has 30 heavy (non-hydrogen) atoms. The van der Waals surface area contributed by atoms with Crippen molar-refractivity contribution in [1.82, 2.24) is 25.2 Å². The zero-order chi connectivity index (χ0) is 19.9. The number of nitrogens with zero attached hydrogens (tertiary/aromatic N) is 4. The summed E-state index contributed by atoms with van der Waals surface area (Å²) in [5.74, 6) is 3.11. The molecule has 0 aliphatic carbocycles. The first-order chi connectivity index (χ1) is 14.3. The number of hydrogen-bond donors (Lipinski definition) is 2. The Morgan fingerprint density at radius 2 is 1.63 bits per heavy atom. The molecule has 4 aromatic rings. The van der Waals surface area contributed by atoms with Crippen LogP contribution >= 0.6 is 24.0 Å². The molecule has 4 rings (SSSR count). The minimum absolute atomic E-state index is 0. The van der Waals surface area contributed by atoms with E-state index in [-0.39, 0.29) is 24.0 Å². The normalized spacial score (nSPS) is 11.0. The van der Waals surface area contributed by atoms with Gasteiger partial charge in [0.1, 0.15) is 11.5 Å². The van der Waals surface area contributed by atoms with Gasteiger partial charge in [-0.25, -0.2) is 0 Å². The predicted molar refractivity (Wildman–Crippen MR) is 128 cm³/mol. The van der Waals surface area contributed by atoms with Crippen molar-refractivity contribution in [3.05, 3.63) is 90.4 Å². The Morgan fingerprint density at radius 3 is 2.47 bits per heavy atom. The molecule has 0 atom stereocenters. The maximum atomic E-state index is 6.02. The molecule has 0 radical (unpaired) electrons. The first-order valence-corrected chi connectivity index (χ1v) is 9.37. The van der Waals surface area contributed by atoms with Gasteiger partial charge in [-0.2, -0.15) is 0 Å². The van der Waals surface area contributed by atoms with Gasteiger partial charge in [0.05, 0.1) is 6.54 Å². The molecule has 0 fully saturated rings. The zero-order valence-corrected chi connectivity index (χ0v) is 18.9. The molecule has 0 saturated heterocycles. The largest absolute Gasteiger partial charge is 0.457 e. The number of aromatic nitrogens is 3. The lowest BCUT2D eigenvalue weighted by Gasteiger charge is -2.14. The van der Waals surface area contributed by atoms with E-state index in [0.717, 1.165) is 28.5 Å². The molecule has 8 heteroatoms. The van der Waals surface area contributed by atoms with Gasteiger partial charge in [0.2, 0.25) is 0 Å². The quantitative estimate of drug-likeness (QED) is 0.231. The van der Waals surface area contributed by atoms with E-state index in [1.807, 2.05) is 83.4 Å². The molecular formula is C22H23IN6O. The number of pyridine rings is 1. The fourth-order valence-corrected chi connectivity index (χ4v) is 2.94. The van der Waals surface area contributed by atoms with Crippen LogP contribution in [0.15, 0.2) is 84.0 Å². The van der Waals surface area contributed by atoms with Crippen molar-refractivity contribution < 1.29 is 4.74 Å². The van der Waals surface area contributed by atoms with Crippen molar-refractivity contribution in [3.63, 3.8) is 0 Å². The number of halogens is 1. The lowest BCUT2D eigenvalue weighted by molar-refractivity contribution is 0.475. The number of fused-ring (bicyclic) bond motifs is 1. The molecule has 0 unspecified atom stereocenters. The third-order valence-electron chi connectivity index (χ3n) is 4.41. The van der Waals surface area contributed by atoms with Gasteiger partial charge >= 0.3 is 0 Å². The second kappa shape index (κ2) is 10.6. The summed E-state index contributed by atoms with van der Waals surface area (Å²) in [7, 11) is 1.74. The summed E-state index contributed by atoms with van der Waals surface area (Å²) in [5, 5.41) is 15.0. The minimum atomic E-state index is 0. The van der Waals surface area contributed by atoms with E-state index >= 15 is 0 Å². The fraction of sp³-hybridized carbons (Fsp3) is 0.136. The highest BCUT2D eigenvalue weighted by Crippen LogP contribution is 2.24. The van der Waals surface area contributed by atoms with E-state index in [2.05, 4.69) is 25.8 Å². The van der Waals surface area contributed by atoms with Gasteiger partial charge in [-0.05, 0) is 30.3 Å². The van der Waals surface area contributed by atoms with Crippen molar-refractivity contribution in [2.75, 3.05) is 7.05 Å². The highest BCUT2D eigenvalue weighted by molar-refractivity contribution is 14.0. The highest BCUT2D eigenvalue weighted by Gasteiger charge is 2.08. The molecule has 0 saturated carbocycles. The molecule has 0 aliphatic rings. The molecule has 0 aliphatic heterocycles. The smallest absolute Gasteiger partial charge is 0.191 e. The Kier molecular flexibility index (Phi) is 7.61. The van der Waals surface area contributed by atoms with E-state index in [4.69, 9.17) is 4.74 Å². The van der Waals surface area contributed by atoms with Crippen LogP contribution in [0.5, 0.6) is 11.5 Å². The Morgan fingerprint density at radius 1 is 0.900 bits per heavy atom. The van der Waals surface area contributed by atoms with Crippen LogP contribution in [0.3, 0.4) is 0 Å². The zero-order valence-electron chi connectivity index (χ0n) is 16.5. The Bertz CT molecular complexity index is 1110. The van der Waals surface area contributed by atoms with Crippen LogP contribution in [-0.4, -0.2) is 27.6 Å². The average molecular weight is 514 g/mol. The number of aliphatic imine (C=N–C) groups is 1. The summed E-state index contributed by atoms with van der Waals surface area (Å²) in [4.78, 5) is 4.29. The van der Waals surface area contributed by atoms with Crippen LogP contribution in [0.1, 0.15) is 11.4 Å². The number of rotatable bonds is 6. The minimum Gasteiger partial charge on any atom is -0.457 e. The van der Waals surface area contributed by atoms with E-state index in [0.29, 0.717) is 19.0 Å². The van der Waals surface area contributed by atoms with Crippen LogP contribution < -0.4 is 15.4 Å². The lowest BCUT2D eigenvalue weighted by atomic mass is 10.2. The Hall–Kier alpha value is -3.14. The molecule has 2 aromatic heterocycles. The van der Waals surface area contributed by atoms with E-state index in [1.54, 1.807) is 7.05 Å². The average Bonchev–Trinajstić information content (AvgIpc) is 3.19. The number of para-hydroxylation sites is 2. The molecule has 7 nitrogen and oxygen atoms in total. The first kappa shape index (κ1) is 21.6. The van der Waals surface area contributed by atoms with Crippen molar-refractivity contribution in [3.8, 4) is 11.5 Å². The van der Waals surface area contributed by atoms with Gasteiger partial charge in [-0.1, -0.05) is 42.5 Å². The molecule has 0 bridgehead atoms. The number of ether oxygens (including phenoxy) is 1. The lowest BCUT2D eigenvalue weighted by Crippen LogP contribution is -2.36. The van der Waals surface area contributed by atoms with Gasteiger partial charge in [-0.3, -0.25) is 9.39 Å². The van der Waals surface area contributed by atoms with E-state index in [1.165, 1.54) is 0 Å². The maximum absolute atomic E-state index is 6.02. The fourth-order valence-electron chi connectivity index (χ4n) is 2.94. The van der Waals surface area contributed by atoms with Crippen molar-refractivity contribution in [2.45, 2.75) is 13.1 Å². The van der Waals surface area contributed by atoms with Gasteiger partial charge in [0.15, 0.2) is 17.4 Å². The van der Waals surface area contributed by atoms with Crippen LogP contribution in [0.2, 0.25) is 0 Å². The van der Waals surface area contributed by atoms with Gasteiger partial charge < -0.3 is 15.4 Å². The van der Waals surface area contributed by atoms with E-state index in [9.17, 15) is 0 Å². The maximum Gasteiger partial charge on any atom is 0.191 e. The highest BCUT2D eigenvalue weighted by atomic mass is 127. The monoisotopic (exact) mass is 514 g/mol. The molecule has 0 amide bonds. The third-order valence-corrected chi connectivity index (χ3v) is 4.41. The summed E-state index contributed by atoms with van der Waals surface area (Å²) in [6.45, 7) is 1.08. The van der Waals surface area contributed by atoms with Gasteiger partial charge in [-0.15, -0.1) is 34.2 Å². The van der Waals surface area contributed by atoms with Crippen LogP contribution in [0, 0.1) is 0 Å². The van der Waals surface area contributed by atoms with Crippen LogP contribution in [0.25, 0.3) is 5.65 Å². The number of guanidine groups is 1. The predicted octanol–water partition coefficient (Wildman–Crippen LogP) is 4.00. The molecule has 2 N–H and O–H groups in total. The van der Waals surface area contributed by atoms with Crippen LogP contribution in [-0.2, 0) is 13.1 Å². The summed E-state index contributed by atoms with van der Waals surface area (Å²) in [6, 6.07) is 23.5. The van der Waals surface area contributed by atoms with Gasteiger partial charge in [0.25, 0.3) is 0 Å².